The van der Waals surface area contributed by atoms with Gasteiger partial charge in [0.15, 0.2) is 0 Å². The van der Waals surface area contributed by atoms with Crippen LogP contribution in [-0.2, 0) is 0 Å². The third-order valence-corrected chi connectivity index (χ3v) is 3.69. The third kappa shape index (κ3) is 4.64. The minimum absolute atomic E-state index is 0. The molecule has 1 atom stereocenters. The zero-order valence-corrected chi connectivity index (χ0v) is 13.7. The van der Waals surface area contributed by atoms with Gasteiger partial charge in [0.1, 0.15) is 5.69 Å². The van der Waals surface area contributed by atoms with E-state index in [0.29, 0.717) is 0 Å². The number of halogens is 3. The van der Waals surface area contributed by atoms with Crippen LogP contribution in [0.15, 0.2) is 12.3 Å². The summed E-state index contributed by atoms with van der Waals surface area (Å²) in [4.78, 5) is 13.5. The molecule has 0 radical (unpaired) electrons. The van der Waals surface area contributed by atoms with Crippen LogP contribution in [0, 0.1) is 0 Å². The van der Waals surface area contributed by atoms with Gasteiger partial charge in [0.05, 0.1) is 12.6 Å². The number of rotatable bonds is 5. The Morgan fingerprint density at radius 1 is 1.55 bits per heavy atom. The van der Waals surface area contributed by atoms with Gasteiger partial charge in [-0.3, -0.25) is 9.48 Å². The maximum Gasteiger partial charge on any atom is 0.274 e. The summed E-state index contributed by atoms with van der Waals surface area (Å²) in [7, 11) is 0. The molecule has 1 N–H and O–H groups in total. The highest BCUT2D eigenvalue weighted by Crippen LogP contribution is 2.17. The molecule has 0 bridgehead atoms. The molecule has 1 aromatic rings. The number of hydrogen-bond acceptors (Lipinski definition) is 3. The Morgan fingerprint density at radius 2 is 2.27 bits per heavy atom. The lowest BCUT2D eigenvalue weighted by molar-refractivity contribution is 0.0470. The standard InChI is InChI=1S/C14H22F2N4O.ClH/c1-10(2)19(9-13(15)16)14(21)12-5-7-20(18-12)11-4-3-6-17-8-11;/h5,7,10-11,13,17H,3-4,6,8-9H2,1-2H3;1H. The van der Waals surface area contributed by atoms with Gasteiger partial charge >= 0.3 is 0 Å². The van der Waals surface area contributed by atoms with Crippen molar-refractivity contribution in [3.8, 4) is 0 Å². The number of carbonyl (C=O) groups is 1. The fourth-order valence-electron chi connectivity index (χ4n) is 2.54. The van der Waals surface area contributed by atoms with Crippen LogP contribution in [0.1, 0.15) is 43.2 Å². The van der Waals surface area contributed by atoms with Crippen molar-refractivity contribution in [1.29, 1.82) is 0 Å². The predicted molar refractivity (Wildman–Crippen MR) is 82.8 cm³/mol. The minimum Gasteiger partial charge on any atom is -0.329 e. The van der Waals surface area contributed by atoms with Crippen LogP contribution >= 0.6 is 12.4 Å². The summed E-state index contributed by atoms with van der Waals surface area (Å²) < 4.78 is 26.9. The molecular formula is C14H23ClF2N4O. The normalized spacial score (nSPS) is 18.4. The van der Waals surface area contributed by atoms with Crippen molar-refractivity contribution in [1.82, 2.24) is 20.0 Å². The van der Waals surface area contributed by atoms with Crippen molar-refractivity contribution in [3.63, 3.8) is 0 Å². The summed E-state index contributed by atoms with van der Waals surface area (Å²) in [5.41, 5.74) is 0.231. The molecule has 22 heavy (non-hydrogen) atoms. The summed E-state index contributed by atoms with van der Waals surface area (Å²) in [6.07, 6.45) is 1.29. The van der Waals surface area contributed by atoms with Crippen LogP contribution in [0.25, 0.3) is 0 Å². The maximum absolute atomic E-state index is 12.6. The molecule has 126 valence electrons. The minimum atomic E-state index is -2.54. The van der Waals surface area contributed by atoms with E-state index >= 15 is 0 Å². The van der Waals surface area contributed by atoms with Crippen molar-refractivity contribution in [2.75, 3.05) is 19.6 Å². The first-order valence-electron chi connectivity index (χ1n) is 7.34. The third-order valence-electron chi connectivity index (χ3n) is 3.69. The van der Waals surface area contributed by atoms with Crippen LogP contribution in [0.3, 0.4) is 0 Å². The van der Waals surface area contributed by atoms with Gasteiger partial charge in [0.2, 0.25) is 0 Å². The number of alkyl halides is 2. The van der Waals surface area contributed by atoms with Crippen LogP contribution in [0.2, 0.25) is 0 Å². The number of amides is 1. The topological polar surface area (TPSA) is 50.2 Å². The lowest BCUT2D eigenvalue weighted by atomic mass is 10.1. The summed E-state index contributed by atoms with van der Waals surface area (Å²) in [5, 5.41) is 7.57. The fraction of sp³-hybridized carbons (Fsp3) is 0.714. The molecule has 5 nitrogen and oxygen atoms in total. The Morgan fingerprint density at radius 3 is 2.82 bits per heavy atom. The van der Waals surface area contributed by atoms with Crippen molar-refractivity contribution < 1.29 is 13.6 Å². The zero-order chi connectivity index (χ0) is 15.4. The largest absolute Gasteiger partial charge is 0.329 e. The van der Waals surface area contributed by atoms with Gasteiger partial charge in [-0.25, -0.2) is 8.78 Å². The van der Waals surface area contributed by atoms with E-state index in [2.05, 4.69) is 10.4 Å². The van der Waals surface area contributed by atoms with E-state index in [4.69, 9.17) is 0 Å². The second-order valence-electron chi connectivity index (χ2n) is 5.62. The molecule has 8 heteroatoms. The highest BCUT2D eigenvalue weighted by atomic mass is 35.5. The first-order chi connectivity index (χ1) is 9.99. The number of nitrogens with zero attached hydrogens (tertiary/aromatic N) is 3. The average Bonchev–Trinajstić information content (AvgIpc) is 2.94. The van der Waals surface area contributed by atoms with Crippen molar-refractivity contribution in [3.05, 3.63) is 18.0 Å². The quantitative estimate of drug-likeness (QED) is 0.898. The molecule has 0 spiro atoms. The van der Waals surface area contributed by atoms with E-state index in [0.717, 1.165) is 30.8 Å². The molecule has 1 amide bonds. The van der Waals surface area contributed by atoms with Crippen molar-refractivity contribution in [2.24, 2.45) is 0 Å². The maximum atomic E-state index is 12.6. The Kier molecular flexibility index (Phi) is 7.22. The van der Waals surface area contributed by atoms with Gasteiger partial charge in [-0.1, -0.05) is 0 Å². The van der Waals surface area contributed by atoms with Gasteiger partial charge < -0.3 is 10.2 Å². The molecule has 1 aliphatic heterocycles. The molecule has 2 rings (SSSR count). The lowest BCUT2D eigenvalue weighted by Crippen LogP contribution is -2.40. The molecular weight excluding hydrogens is 314 g/mol. The molecule has 1 fully saturated rings. The van der Waals surface area contributed by atoms with E-state index in [1.54, 1.807) is 30.8 Å². The summed E-state index contributed by atoms with van der Waals surface area (Å²) >= 11 is 0. The Hall–Kier alpha value is -1.21. The number of aromatic nitrogens is 2. The summed E-state index contributed by atoms with van der Waals surface area (Å²) in [5.74, 6) is -0.437. The van der Waals surface area contributed by atoms with Crippen LogP contribution < -0.4 is 5.32 Å². The highest BCUT2D eigenvalue weighted by Gasteiger charge is 2.25. The zero-order valence-electron chi connectivity index (χ0n) is 12.8. The number of piperidine rings is 1. The van der Waals surface area contributed by atoms with Gasteiger partial charge in [-0.15, -0.1) is 12.4 Å². The summed E-state index contributed by atoms with van der Waals surface area (Å²) in [6.45, 7) is 4.71. The molecule has 1 aromatic heterocycles. The molecule has 1 aliphatic rings. The fourth-order valence-corrected chi connectivity index (χ4v) is 2.54. The molecule has 0 aliphatic carbocycles. The second-order valence-corrected chi connectivity index (χ2v) is 5.62. The molecule has 0 aromatic carbocycles. The first kappa shape index (κ1) is 18.8. The van der Waals surface area contributed by atoms with Gasteiger partial charge in [0.25, 0.3) is 12.3 Å². The van der Waals surface area contributed by atoms with Gasteiger partial charge in [-0.2, -0.15) is 5.10 Å². The van der Waals surface area contributed by atoms with E-state index < -0.39 is 18.9 Å². The average molecular weight is 337 g/mol. The predicted octanol–water partition coefficient (Wildman–Crippen LogP) is 2.35. The van der Waals surface area contributed by atoms with E-state index in [9.17, 15) is 13.6 Å². The Bertz CT molecular complexity index is 475. The SMILES string of the molecule is CC(C)N(CC(F)F)C(=O)c1ccn(C2CCCNC2)n1.Cl. The van der Waals surface area contributed by atoms with Crippen molar-refractivity contribution in [2.45, 2.75) is 45.2 Å². The summed E-state index contributed by atoms with van der Waals surface area (Å²) in [6, 6.07) is 1.55. The van der Waals surface area contributed by atoms with Gasteiger partial charge in [-0.05, 0) is 39.3 Å². The lowest BCUT2D eigenvalue weighted by Gasteiger charge is -2.26. The second kappa shape index (κ2) is 8.43. The van der Waals surface area contributed by atoms with E-state index in [1.165, 1.54) is 0 Å². The monoisotopic (exact) mass is 336 g/mol. The Labute approximate surface area is 135 Å². The van der Waals surface area contributed by atoms with Gasteiger partial charge in [0, 0.05) is 18.8 Å². The molecule has 1 saturated heterocycles. The Balaban J connectivity index is 0.00000242. The van der Waals surface area contributed by atoms with Crippen LogP contribution in [0.5, 0.6) is 0 Å². The van der Waals surface area contributed by atoms with Crippen LogP contribution in [-0.4, -0.2) is 52.7 Å². The highest BCUT2D eigenvalue weighted by molar-refractivity contribution is 5.92. The van der Waals surface area contributed by atoms with E-state index in [-0.39, 0.29) is 30.2 Å². The van der Waals surface area contributed by atoms with E-state index in [1.807, 2.05) is 0 Å². The number of nitrogens with one attached hydrogen (secondary N) is 1. The number of hydrogen-bond donors (Lipinski definition) is 1. The first-order valence-corrected chi connectivity index (χ1v) is 7.34. The number of carbonyl (C=O) groups excluding carboxylic acids is 1. The molecule has 2 heterocycles. The molecule has 1 unspecified atom stereocenters. The smallest absolute Gasteiger partial charge is 0.274 e. The van der Waals surface area contributed by atoms with Crippen molar-refractivity contribution >= 4 is 18.3 Å². The van der Waals surface area contributed by atoms with Crippen LogP contribution in [0.4, 0.5) is 8.78 Å². The molecule has 0 saturated carbocycles.